The monoisotopic (exact) mass is 188 g/mol. The highest BCUT2D eigenvalue weighted by Gasteiger charge is 2.27. The van der Waals surface area contributed by atoms with Gasteiger partial charge in [0.15, 0.2) is 0 Å². The molecule has 1 aromatic carbocycles. The molecule has 0 fully saturated rings. The third kappa shape index (κ3) is 1.37. The van der Waals surface area contributed by atoms with Crippen molar-refractivity contribution in [2.24, 2.45) is 5.92 Å². The standard InChI is InChI=1S/C13H16O/c1-9-4-3-5-13-11(9)6-7-12(13)10(2)8-14/h3-5,8,10,12H,6-7H2,1-2H3. The fourth-order valence-electron chi connectivity index (χ4n) is 2.51. The van der Waals surface area contributed by atoms with E-state index < -0.39 is 0 Å². The first kappa shape index (κ1) is 9.45. The lowest BCUT2D eigenvalue weighted by atomic mass is 9.89. The fraction of sp³-hybridized carbons (Fsp3) is 0.462. The minimum absolute atomic E-state index is 0.165. The van der Waals surface area contributed by atoms with E-state index >= 15 is 0 Å². The van der Waals surface area contributed by atoms with Crippen molar-refractivity contribution in [2.45, 2.75) is 32.6 Å². The smallest absolute Gasteiger partial charge is 0.123 e. The Morgan fingerprint density at radius 3 is 3.00 bits per heavy atom. The van der Waals surface area contributed by atoms with Crippen molar-refractivity contribution in [1.82, 2.24) is 0 Å². The van der Waals surface area contributed by atoms with E-state index in [1.165, 1.54) is 16.7 Å². The molecular weight excluding hydrogens is 172 g/mol. The first-order chi connectivity index (χ1) is 6.74. The maximum atomic E-state index is 10.8. The average molecular weight is 188 g/mol. The van der Waals surface area contributed by atoms with Gasteiger partial charge in [0, 0.05) is 5.92 Å². The molecule has 0 bridgehead atoms. The summed E-state index contributed by atoms with van der Waals surface area (Å²) >= 11 is 0. The highest BCUT2D eigenvalue weighted by atomic mass is 16.1. The second kappa shape index (κ2) is 3.56. The summed E-state index contributed by atoms with van der Waals surface area (Å²) in [4.78, 5) is 10.8. The Bertz CT molecular complexity index is 354. The maximum absolute atomic E-state index is 10.8. The Morgan fingerprint density at radius 2 is 2.29 bits per heavy atom. The van der Waals surface area contributed by atoms with Gasteiger partial charge in [-0.3, -0.25) is 0 Å². The topological polar surface area (TPSA) is 17.1 Å². The molecule has 0 saturated carbocycles. The predicted octanol–water partition coefficient (Wildman–Crippen LogP) is 2.86. The molecule has 0 radical (unpaired) electrons. The van der Waals surface area contributed by atoms with Gasteiger partial charge in [-0.15, -0.1) is 0 Å². The van der Waals surface area contributed by atoms with Gasteiger partial charge in [-0.05, 0) is 42.4 Å². The van der Waals surface area contributed by atoms with E-state index in [4.69, 9.17) is 0 Å². The second-order valence-electron chi connectivity index (χ2n) is 4.28. The quantitative estimate of drug-likeness (QED) is 0.652. The fourth-order valence-corrected chi connectivity index (χ4v) is 2.51. The molecule has 0 aliphatic heterocycles. The Morgan fingerprint density at radius 1 is 1.50 bits per heavy atom. The lowest BCUT2D eigenvalue weighted by Crippen LogP contribution is -2.07. The molecule has 14 heavy (non-hydrogen) atoms. The van der Waals surface area contributed by atoms with Crippen LogP contribution in [0.25, 0.3) is 0 Å². The zero-order chi connectivity index (χ0) is 10.1. The van der Waals surface area contributed by atoms with Crippen LogP contribution in [0.5, 0.6) is 0 Å². The number of fused-ring (bicyclic) bond motifs is 1. The maximum Gasteiger partial charge on any atom is 0.123 e. The summed E-state index contributed by atoms with van der Waals surface area (Å²) in [5, 5.41) is 0. The summed E-state index contributed by atoms with van der Waals surface area (Å²) in [6.45, 7) is 4.18. The van der Waals surface area contributed by atoms with Crippen LogP contribution in [-0.4, -0.2) is 6.29 Å². The van der Waals surface area contributed by atoms with Gasteiger partial charge in [0.25, 0.3) is 0 Å². The van der Waals surface area contributed by atoms with Crippen LogP contribution in [0.2, 0.25) is 0 Å². The molecule has 2 atom stereocenters. The predicted molar refractivity (Wildman–Crippen MR) is 57.5 cm³/mol. The van der Waals surface area contributed by atoms with E-state index in [-0.39, 0.29) is 5.92 Å². The lowest BCUT2D eigenvalue weighted by molar-refractivity contribution is -0.111. The van der Waals surface area contributed by atoms with E-state index in [0.29, 0.717) is 5.92 Å². The van der Waals surface area contributed by atoms with Crippen LogP contribution in [0.15, 0.2) is 18.2 Å². The SMILES string of the molecule is Cc1cccc2c1CCC2C(C)C=O. The number of aryl methyl sites for hydroxylation is 1. The first-order valence-electron chi connectivity index (χ1n) is 5.27. The van der Waals surface area contributed by atoms with Gasteiger partial charge in [0.05, 0.1) is 0 Å². The molecule has 1 aliphatic rings. The zero-order valence-electron chi connectivity index (χ0n) is 8.79. The van der Waals surface area contributed by atoms with Crippen LogP contribution in [0.1, 0.15) is 36.0 Å². The number of rotatable bonds is 2. The van der Waals surface area contributed by atoms with Gasteiger partial charge in [0.2, 0.25) is 0 Å². The average Bonchev–Trinajstić information content (AvgIpc) is 2.62. The highest BCUT2D eigenvalue weighted by Crippen LogP contribution is 2.38. The number of benzene rings is 1. The highest BCUT2D eigenvalue weighted by molar-refractivity contribution is 5.57. The second-order valence-corrected chi connectivity index (χ2v) is 4.28. The van der Waals surface area contributed by atoms with Crippen molar-refractivity contribution in [3.05, 3.63) is 34.9 Å². The molecule has 0 heterocycles. The molecule has 2 rings (SSSR count). The summed E-state index contributed by atoms with van der Waals surface area (Å²) in [5.41, 5.74) is 4.26. The van der Waals surface area contributed by atoms with E-state index in [9.17, 15) is 4.79 Å². The van der Waals surface area contributed by atoms with Crippen LogP contribution in [0.4, 0.5) is 0 Å². The van der Waals surface area contributed by atoms with Gasteiger partial charge in [0.1, 0.15) is 6.29 Å². The summed E-state index contributed by atoms with van der Waals surface area (Å²) < 4.78 is 0. The van der Waals surface area contributed by atoms with E-state index in [0.717, 1.165) is 19.1 Å². The molecule has 1 aromatic rings. The molecule has 0 saturated heterocycles. The zero-order valence-corrected chi connectivity index (χ0v) is 8.79. The summed E-state index contributed by atoms with van der Waals surface area (Å²) in [5.74, 6) is 0.625. The molecule has 0 amide bonds. The van der Waals surface area contributed by atoms with Crippen molar-refractivity contribution < 1.29 is 4.79 Å². The number of hydrogen-bond donors (Lipinski definition) is 0. The minimum Gasteiger partial charge on any atom is -0.303 e. The van der Waals surface area contributed by atoms with Crippen molar-refractivity contribution >= 4 is 6.29 Å². The van der Waals surface area contributed by atoms with Gasteiger partial charge >= 0.3 is 0 Å². The van der Waals surface area contributed by atoms with Gasteiger partial charge < -0.3 is 4.79 Å². The first-order valence-corrected chi connectivity index (χ1v) is 5.27. The van der Waals surface area contributed by atoms with Crippen molar-refractivity contribution in [2.75, 3.05) is 0 Å². The van der Waals surface area contributed by atoms with Crippen molar-refractivity contribution in [3.63, 3.8) is 0 Å². The molecule has 0 N–H and O–H groups in total. The van der Waals surface area contributed by atoms with Crippen LogP contribution in [-0.2, 0) is 11.2 Å². The minimum atomic E-state index is 0.165. The molecule has 74 valence electrons. The molecule has 0 aromatic heterocycles. The van der Waals surface area contributed by atoms with Crippen LogP contribution in [0.3, 0.4) is 0 Å². The van der Waals surface area contributed by atoms with Crippen molar-refractivity contribution in [1.29, 1.82) is 0 Å². The number of carbonyl (C=O) groups is 1. The van der Waals surface area contributed by atoms with Gasteiger partial charge in [-0.1, -0.05) is 25.1 Å². The van der Waals surface area contributed by atoms with Crippen LogP contribution < -0.4 is 0 Å². The Balaban J connectivity index is 2.39. The number of hydrogen-bond acceptors (Lipinski definition) is 1. The summed E-state index contributed by atoms with van der Waals surface area (Å²) in [6, 6.07) is 6.44. The van der Waals surface area contributed by atoms with E-state index in [1.54, 1.807) is 0 Å². The molecule has 0 spiro atoms. The summed E-state index contributed by atoms with van der Waals surface area (Å²) in [6.07, 6.45) is 3.37. The van der Waals surface area contributed by atoms with E-state index in [1.807, 2.05) is 6.92 Å². The molecule has 2 unspecified atom stereocenters. The van der Waals surface area contributed by atoms with Gasteiger partial charge in [-0.2, -0.15) is 0 Å². The molecule has 1 heteroatoms. The Kier molecular flexibility index (Phi) is 2.40. The van der Waals surface area contributed by atoms with Crippen molar-refractivity contribution in [3.8, 4) is 0 Å². The molecule has 1 nitrogen and oxygen atoms in total. The number of carbonyl (C=O) groups excluding carboxylic acids is 1. The van der Waals surface area contributed by atoms with Gasteiger partial charge in [-0.25, -0.2) is 0 Å². The van der Waals surface area contributed by atoms with Crippen LogP contribution in [0, 0.1) is 12.8 Å². The third-order valence-corrected chi connectivity index (χ3v) is 3.40. The lowest BCUT2D eigenvalue weighted by Gasteiger charge is -2.14. The molecular formula is C13H16O. The Labute approximate surface area is 85.1 Å². The molecule has 1 aliphatic carbocycles. The number of aldehydes is 1. The third-order valence-electron chi connectivity index (χ3n) is 3.40. The normalized spacial score (nSPS) is 21.7. The Hall–Kier alpha value is -1.11. The van der Waals surface area contributed by atoms with Crippen LogP contribution >= 0.6 is 0 Å². The van der Waals surface area contributed by atoms with E-state index in [2.05, 4.69) is 25.1 Å². The largest absolute Gasteiger partial charge is 0.303 e. The summed E-state index contributed by atoms with van der Waals surface area (Å²) in [7, 11) is 0.